The molecule has 1 amide bonds. The zero-order valence-corrected chi connectivity index (χ0v) is 14.4. The molecule has 3 aromatic rings. The van der Waals surface area contributed by atoms with Crippen molar-refractivity contribution >= 4 is 17.6 Å². The Hall–Kier alpha value is -3.91. The van der Waals surface area contributed by atoms with Crippen molar-refractivity contribution in [3.05, 3.63) is 90.0 Å². The fourth-order valence-electron chi connectivity index (χ4n) is 2.47. The summed E-state index contributed by atoms with van der Waals surface area (Å²) >= 11 is 0. The average molecular weight is 356 g/mol. The first-order valence-electron chi connectivity index (χ1n) is 8.28. The Morgan fingerprint density at radius 3 is 2.11 bits per heavy atom. The molecule has 0 spiro atoms. The molecule has 132 valence electrons. The van der Waals surface area contributed by atoms with Crippen molar-refractivity contribution in [2.45, 2.75) is 0 Å². The third kappa shape index (κ3) is 4.80. The molecule has 27 heavy (non-hydrogen) atoms. The van der Waals surface area contributed by atoms with Crippen molar-refractivity contribution in [1.29, 1.82) is 5.26 Å². The summed E-state index contributed by atoms with van der Waals surface area (Å²) in [5.41, 5.74) is 3.49. The maximum atomic E-state index is 12.0. The van der Waals surface area contributed by atoms with E-state index in [0.29, 0.717) is 11.3 Å². The van der Waals surface area contributed by atoms with E-state index >= 15 is 0 Å². The van der Waals surface area contributed by atoms with Crippen LogP contribution in [0.4, 0.5) is 5.69 Å². The average Bonchev–Trinajstić information content (AvgIpc) is 2.73. The lowest BCUT2D eigenvalue weighted by Crippen LogP contribution is -2.20. The molecule has 0 bridgehead atoms. The van der Waals surface area contributed by atoms with Gasteiger partial charge in [-0.25, -0.2) is 4.79 Å². The maximum absolute atomic E-state index is 12.0. The minimum Gasteiger partial charge on any atom is -0.452 e. The number of nitriles is 1. The van der Waals surface area contributed by atoms with E-state index in [0.717, 1.165) is 11.1 Å². The summed E-state index contributed by atoms with van der Waals surface area (Å²) in [6, 6.07) is 25.3. The topological polar surface area (TPSA) is 79.2 Å². The molecule has 1 N–H and O–H groups in total. The maximum Gasteiger partial charge on any atom is 0.338 e. The number of carbonyl (C=O) groups is 2. The van der Waals surface area contributed by atoms with Gasteiger partial charge in [0.05, 0.1) is 17.2 Å². The molecule has 0 saturated heterocycles. The summed E-state index contributed by atoms with van der Waals surface area (Å²) in [7, 11) is 0. The lowest BCUT2D eigenvalue weighted by Gasteiger charge is -2.08. The zero-order chi connectivity index (χ0) is 19.1. The van der Waals surface area contributed by atoms with Crippen LogP contribution in [0.2, 0.25) is 0 Å². The number of anilines is 1. The monoisotopic (exact) mass is 356 g/mol. The van der Waals surface area contributed by atoms with Gasteiger partial charge >= 0.3 is 5.97 Å². The second kappa shape index (κ2) is 8.45. The molecular weight excluding hydrogens is 340 g/mol. The fraction of sp³-hybridized carbons (Fsp3) is 0.0455. The van der Waals surface area contributed by atoms with E-state index in [2.05, 4.69) is 5.32 Å². The standard InChI is InChI=1S/C22H16N2O3/c23-14-16-6-8-19(9-7-16)22(26)27-15-21(25)24-20-12-10-18(11-13-20)17-4-2-1-3-5-17/h1-13H,15H2,(H,24,25). The first-order chi connectivity index (χ1) is 13.2. The van der Waals surface area contributed by atoms with E-state index in [1.54, 1.807) is 12.1 Å². The number of esters is 1. The highest BCUT2D eigenvalue weighted by Crippen LogP contribution is 2.20. The van der Waals surface area contributed by atoms with Gasteiger partial charge in [-0.3, -0.25) is 4.79 Å². The van der Waals surface area contributed by atoms with Crippen molar-refractivity contribution in [2.75, 3.05) is 11.9 Å². The van der Waals surface area contributed by atoms with E-state index in [-0.39, 0.29) is 12.2 Å². The molecule has 0 aliphatic carbocycles. The van der Waals surface area contributed by atoms with Gasteiger partial charge in [0, 0.05) is 5.69 Å². The van der Waals surface area contributed by atoms with Crippen LogP contribution in [0.3, 0.4) is 0 Å². The number of carbonyl (C=O) groups excluding carboxylic acids is 2. The van der Waals surface area contributed by atoms with E-state index in [9.17, 15) is 9.59 Å². The smallest absolute Gasteiger partial charge is 0.338 e. The molecule has 0 fully saturated rings. The Morgan fingerprint density at radius 1 is 0.852 bits per heavy atom. The molecule has 3 rings (SSSR count). The van der Waals surface area contributed by atoms with Crippen LogP contribution in [0, 0.1) is 11.3 Å². The van der Waals surface area contributed by atoms with Gasteiger partial charge in [-0.15, -0.1) is 0 Å². The van der Waals surface area contributed by atoms with Crippen LogP contribution in [0.15, 0.2) is 78.9 Å². The van der Waals surface area contributed by atoms with E-state index in [4.69, 9.17) is 10.00 Å². The third-order valence-electron chi connectivity index (χ3n) is 3.86. The molecule has 3 aromatic carbocycles. The van der Waals surface area contributed by atoms with E-state index in [1.165, 1.54) is 24.3 Å². The number of nitrogens with one attached hydrogen (secondary N) is 1. The molecule has 0 atom stereocenters. The Kier molecular flexibility index (Phi) is 5.60. The van der Waals surface area contributed by atoms with Crippen LogP contribution in [0.25, 0.3) is 11.1 Å². The summed E-state index contributed by atoms with van der Waals surface area (Å²) in [4.78, 5) is 23.9. The number of amides is 1. The highest BCUT2D eigenvalue weighted by molar-refractivity contribution is 5.95. The van der Waals surface area contributed by atoms with Gasteiger partial charge in [0.25, 0.3) is 5.91 Å². The number of hydrogen-bond donors (Lipinski definition) is 1. The molecule has 0 radical (unpaired) electrons. The fourth-order valence-corrected chi connectivity index (χ4v) is 2.47. The molecule has 0 aliphatic heterocycles. The number of nitrogens with zero attached hydrogens (tertiary/aromatic N) is 1. The van der Waals surface area contributed by atoms with Gasteiger partial charge in [-0.1, -0.05) is 42.5 Å². The van der Waals surface area contributed by atoms with Gasteiger partial charge < -0.3 is 10.1 Å². The van der Waals surface area contributed by atoms with Gasteiger partial charge in [-0.05, 0) is 47.5 Å². The van der Waals surface area contributed by atoms with Gasteiger partial charge in [0.1, 0.15) is 0 Å². The lowest BCUT2D eigenvalue weighted by atomic mass is 10.1. The molecule has 0 aliphatic rings. The molecule has 0 unspecified atom stereocenters. The van der Waals surface area contributed by atoms with Gasteiger partial charge in [0.2, 0.25) is 0 Å². The van der Waals surface area contributed by atoms with Crippen LogP contribution < -0.4 is 5.32 Å². The Labute approximate surface area is 156 Å². The first-order valence-corrected chi connectivity index (χ1v) is 8.28. The predicted molar refractivity (Wildman–Crippen MR) is 102 cm³/mol. The van der Waals surface area contributed by atoms with Gasteiger partial charge in [-0.2, -0.15) is 5.26 Å². The number of rotatable bonds is 5. The number of benzene rings is 3. The molecule has 0 aromatic heterocycles. The SMILES string of the molecule is N#Cc1ccc(C(=O)OCC(=O)Nc2ccc(-c3ccccc3)cc2)cc1. The lowest BCUT2D eigenvalue weighted by molar-refractivity contribution is -0.119. The van der Waals surface area contributed by atoms with Crippen molar-refractivity contribution < 1.29 is 14.3 Å². The van der Waals surface area contributed by atoms with Gasteiger partial charge in [0.15, 0.2) is 6.61 Å². The summed E-state index contributed by atoms with van der Waals surface area (Å²) in [5, 5.41) is 11.4. The Bertz CT molecular complexity index is 973. The summed E-state index contributed by atoms with van der Waals surface area (Å²) < 4.78 is 4.99. The van der Waals surface area contributed by atoms with E-state index < -0.39 is 11.9 Å². The van der Waals surface area contributed by atoms with Crippen molar-refractivity contribution in [3.63, 3.8) is 0 Å². The van der Waals surface area contributed by atoms with Crippen molar-refractivity contribution in [1.82, 2.24) is 0 Å². The zero-order valence-electron chi connectivity index (χ0n) is 14.4. The van der Waals surface area contributed by atoms with Crippen LogP contribution in [-0.2, 0) is 9.53 Å². The summed E-state index contributed by atoms with van der Waals surface area (Å²) in [6.07, 6.45) is 0. The van der Waals surface area contributed by atoms with E-state index in [1.807, 2.05) is 48.5 Å². The Balaban J connectivity index is 1.53. The molecule has 5 nitrogen and oxygen atoms in total. The minimum absolute atomic E-state index is 0.286. The van der Waals surface area contributed by atoms with Crippen LogP contribution in [0.1, 0.15) is 15.9 Å². The summed E-state index contributed by atoms with van der Waals surface area (Å²) in [6.45, 7) is -0.390. The highest BCUT2D eigenvalue weighted by atomic mass is 16.5. The third-order valence-corrected chi connectivity index (χ3v) is 3.86. The molecule has 0 saturated carbocycles. The second-order valence-corrected chi connectivity index (χ2v) is 5.76. The van der Waals surface area contributed by atoms with Crippen molar-refractivity contribution in [3.8, 4) is 17.2 Å². The first kappa shape index (κ1) is 17.9. The molecular formula is C22H16N2O3. The van der Waals surface area contributed by atoms with Crippen LogP contribution >= 0.6 is 0 Å². The molecule has 5 heteroatoms. The van der Waals surface area contributed by atoms with Crippen LogP contribution in [-0.4, -0.2) is 18.5 Å². The predicted octanol–water partition coefficient (Wildman–Crippen LogP) is 4.02. The molecule has 0 heterocycles. The number of hydrogen-bond acceptors (Lipinski definition) is 4. The minimum atomic E-state index is -0.617. The second-order valence-electron chi connectivity index (χ2n) is 5.76. The normalized spacial score (nSPS) is 9.89. The van der Waals surface area contributed by atoms with Crippen LogP contribution in [0.5, 0.6) is 0 Å². The van der Waals surface area contributed by atoms with Crippen molar-refractivity contribution in [2.24, 2.45) is 0 Å². The highest BCUT2D eigenvalue weighted by Gasteiger charge is 2.10. The Morgan fingerprint density at radius 2 is 1.48 bits per heavy atom. The quantitative estimate of drug-likeness (QED) is 0.700. The number of ether oxygens (including phenoxy) is 1. The summed E-state index contributed by atoms with van der Waals surface area (Å²) in [5.74, 6) is -1.04. The largest absolute Gasteiger partial charge is 0.452 e.